The van der Waals surface area contributed by atoms with Gasteiger partial charge in [-0.05, 0) is 31.6 Å². The van der Waals surface area contributed by atoms with Crippen LogP contribution in [0.2, 0.25) is 6.32 Å². The number of nitrogens with one attached hydrogen (secondary N) is 1. The van der Waals surface area contributed by atoms with Crippen molar-refractivity contribution in [3.05, 3.63) is 0 Å². The fraction of sp³-hybridized carbons (Fsp3) is 0.875. The maximum Gasteiger partial charge on any atom is 0.451 e. The zero-order valence-corrected chi connectivity index (χ0v) is 8.02. The lowest BCUT2D eigenvalue weighted by Crippen LogP contribution is -2.35. The van der Waals surface area contributed by atoms with Gasteiger partial charge in [-0.1, -0.05) is 6.42 Å². The molecule has 0 aromatic carbocycles. The molecule has 1 saturated heterocycles. The number of hydrogen-bond donors (Lipinski definition) is 4. The van der Waals surface area contributed by atoms with Crippen LogP contribution in [-0.4, -0.2) is 40.8 Å². The van der Waals surface area contributed by atoms with Crippen molar-refractivity contribution >= 4 is 13.1 Å². The van der Waals surface area contributed by atoms with Gasteiger partial charge in [0, 0.05) is 0 Å². The number of carboxylic acids is 1. The quantitative estimate of drug-likeness (QED) is 0.441. The van der Waals surface area contributed by atoms with Gasteiger partial charge in [-0.15, -0.1) is 0 Å². The molecule has 5 nitrogen and oxygen atoms in total. The standard InChI is InChI=1S/C8H16BNO4/c11-8(12)7-6(3-5-10-7)2-1-4-9(13)14/h6-7,10,13-14H,1-5H2,(H,11,12)/t6-,7+/m1/s1. The molecule has 0 saturated carbocycles. The van der Waals surface area contributed by atoms with Gasteiger partial charge in [0.25, 0.3) is 0 Å². The average molecular weight is 201 g/mol. The molecule has 0 amide bonds. The predicted molar refractivity (Wildman–Crippen MR) is 51.8 cm³/mol. The third kappa shape index (κ3) is 3.28. The van der Waals surface area contributed by atoms with Crippen LogP contribution in [0.5, 0.6) is 0 Å². The second-order valence-electron chi connectivity index (χ2n) is 3.73. The summed E-state index contributed by atoms with van der Waals surface area (Å²) in [5, 5.41) is 29.0. The van der Waals surface area contributed by atoms with E-state index in [1.807, 2.05) is 0 Å². The van der Waals surface area contributed by atoms with Gasteiger partial charge in [0.15, 0.2) is 0 Å². The van der Waals surface area contributed by atoms with Crippen molar-refractivity contribution in [2.24, 2.45) is 5.92 Å². The van der Waals surface area contributed by atoms with E-state index >= 15 is 0 Å². The van der Waals surface area contributed by atoms with Gasteiger partial charge in [0.05, 0.1) is 0 Å². The van der Waals surface area contributed by atoms with Crippen molar-refractivity contribution in [3.63, 3.8) is 0 Å². The number of aliphatic carboxylic acids is 1. The molecule has 4 N–H and O–H groups in total. The van der Waals surface area contributed by atoms with E-state index < -0.39 is 19.1 Å². The van der Waals surface area contributed by atoms with E-state index in [0.717, 1.165) is 19.4 Å². The van der Waals surface area contributed by atoms with Crippen molar-refractivity contribution < 1.29 is 19.9 Å². The first kappa shape index (κ1) is 11.5. The Hall–Kier alpha value is -0.585. The second kappa shape index (κ2) is 5.33. The highest BCUT2D eigenvalue weighted by Gasteiger charge is 2.31. The molecule has 0 aromatic heterocycles. The maximum atomic E-state index is 10.7. The van der Waals surface area contributed by atoms with Crippen molar-refractivity contribution in [1.82, 2.24) is 5.32 Å². The molecule has 1 aliphatic rings. The normalized spacial score (nSPS) is 26.4. The van der Waals surface area contributed by atoms with E-state index in [9.17, 15) is 4.79 Å². The second-order valence-corrected chi connectivity index (χ2v) is 3.73. The zero-order chi connectivity index (χ0) is 10.6. The molecule has 0 unspecified atom stereocenters. The Morgan fingerprint density at radius 1 is 1.50 bits per heavy atom. The first-order valence-electron chi connectivity index (χ1n) is 4.93. The molecule has 0 aliphatic carbocycles. The lowest BCUT2D eigenvalue weighted by molar-refractivity contribution is -0.140. The molecule has 0 aromatic rings. The summed E-state index contributed by atoms with van der Waals surface area (Å²) in [6, 6.07) is -0.453. The van der Waals surface area contributed by atoms with Gasteiger partial charge < -0.3 is 20.5 Å². The Balaban J connectivity index is 2.26. The van der Waals surface area contributed by atoms with Crippen molar-refractivity contribution in [3.8, 4) is 0 Å². The molecule has 14 heavy (non-hydrogen) atoms. The van der Waals surface area contributed by atoms with E-state index in [0.29, 0.717) is 12.7 Å². The third-order valence-corrected chi connectivity index (χ3v) is 2.65. The van der Waals surface area contributed by atoms with Crippen LogP contribution in [0.3, 0.4) is 0 Å². The van der Waals surface area contributed by atoms with Crippen LogP contribution in [0.1, 0.15) is 19.3 Å². The minimum Gasteiger partial charge on any atom is -0.480 e. The minimum atomic E-state index is -1.27. The Kier molecular flexibility index (Phi) is 4.38. The van der Waals surface area contributed by atoms with E-state index in [4.69, 9.17) is 15.2 Å². The highest BCUT2D eigenvalue weighted by atomic mass is 16.4. The number of rotatable bonds is 5. The molecule has 2 atom stereocenters. The SMILES string of the molecule is O=C(O)[C@H]1NCC[C@H]1CCCB(O)O. The molecule has 6 heteroatoms. The summed E-state index contributed by atoms with van der Waals surface area (Å²) in [4.78, 5) is 10.7. The first-order valence-corrected chi connectivity index (χ1v) is 4.93. The highest BCUT2D eigenvalue weighted by Crippen LogP contribution is 2.22. The molecule has 0 bridgehead atoms. The fourth-order valence-corrected chi connectivity index (χ4v) is 1.92. The highest BCUT2D eigenvalue weighted by molar-refractivity contribution is 6.40. The summed E-state index contributed by atoms with van der Waals surface area (Å²) in [6.45, 7) is 0.739. The predicted octanol–water partition coefficient (Wildman–Crippen LogP) is -0.698. The first-order chi connectivity index (χ1) is 6.61. The van der Waals surface area contributed by atoms with Gasteiger partial charge in [0.1, 0.15) is 6.04 Å². The summed E-state index contributed by atoms with van der Waals surface area (Å²) >= 11 is 0. The summed E-state index contributed by atoms with van der Waals surface area (Å²) in [5.41, 5.74) is 0. The summed E-state index contributed by atoms with van der Waals surface area (Å²) < 4.78 is 0. The van der Waals surface area contributed by atoms with E-state index in [1.165, 1.54) is 0 Å². The summed E-state index contributed by atoms with van der Waals surface area (Å²) in [5.74, 6) is -0.678. The van der Waals surface area contributed by atoms with Gasteiger partial charge in [-0.3, -0.25) is 4.79 Å². The smallest absolute Gasteiger partial charge is 0.451 e. The molecule has 1 fully saturated rings. The van der Waals surface area contributed by atoms with Crippen LogP contribution < -0.4 is 5.32 Å². The Morgan fingerprint density at radius 2 is 2.21 bits per heavy atom. The molecule has 1 heterocycles. The van der Waals surface area contributed by atoms with Gasteiger partial charge in [-0.2, -0.15) is 0 Å². The number of hydrogen-bond acceptors (Lipinski definition) is 4. The summed E-state index contributed by atoms with van der Waals surface area (Å²) in [7, 11) is -1.27. The number of carboxylic acid groups (broad SMARTS) is 1. The maximum absolute atomic E-state index is 10.7. The van der Waals surface area contributed by atoms with Crippen molar-refractivity contribution in [2.75, 3.05) is 6.54 Å². The van der Waals surface area contributed by atoms with E-state index in [1.54, 1.807) is 0 Å². The topological polar surface area (TPSA) is 89.8 Å². The Labute approximate surface area is 83.3 Å². The van der Waals surface area contributed by atoms with Crippen LogP contribution in [0.4, 0.5) is 0 Å². The van der Waals surface area contributed by atoms with Crippen molar-refractivity contribution in [2.45, 2.75) is 31.6 Å². The molecule has 0 spiro atoms. The van der Waals surface area contributed by atoms with Crippen LogP contribution in [0.15, 0.2) is 0 Å². The Morgan fingerprint density at radius 3 is 2.79 bits per heavy atom. The molecule has 1 rings (SSSR count). The van der Waals surface area contributed by atoms with Gasteiger partial charge in [-0.25, -0.2) is 0 Å². The third-order valence-electron chi connectivity index (χ3n) is 2.65. The van der Waals surface area contributed by atoms with Gasteiger partial charge in [0.2, 0.25) is 0 Å². The van der Waals surface area contributed by atoms with Crippen LogP contribution >= 0.6 is 0 Å². The van der Waals surface area contributed by atoms with Gasteiger partial charge >= 0.3 is 13.1 Å². The number of carbonyl (C=O) groups is 1. The average Bonchev–Trinajstić information content (AvgIpc) is 2.51. The fourth-order valence-electron chi connectivity index (χ4n) is 1.92. The monoisotopic (exact) mass is 201 g/mol. The van der Waals surface area contributed by atoms with Crippen molar-refractivity contribution in [1.29, 1.82) is 0 Å². The van der Waals surface area contributed by atoms with E-state index in [2.05, 4.69) is 5.32 Å². The summed E-state index contributed by atoms with van der Waals surface area (Å²) in [6.07, 6.45) is 2.58. The zero-order valence-electron chi connectivity index (χ0n) is 8.02. The molecule has 80 valence electrons. The van der Waals surface area contributed by atoms with Crippen LogP contribution in [-0.2, 0) is 4.79 Å². The Bertz CT molecular complexity index is 200. The molecule has 0 radical (unpaired) electrons. The van der Waals surface area contributed by atoms with E-state index in [-0.39, 0.29) is 5.92 Å². The lowest BCUT2D eigenvalue weighted by atomic mass is 9.81. The molecule has 1 aliphatic heterocycles. The molecular formula is C8H16BNO4. The minimum absolute atomic E-state index is 0.131. The lowest BCUT2D eigenvalue weighted by Gasteiger charge is -2.14. The largest absolute Gasteiger partial charge is 0.480 e. The van der Waals surface area contributed by atoms with Crippen LogP contribution in [0, 0.1) is 5.92 Å². The molecular weight excluding hydrogens is 185 g/mol. The van der Waals surface area contributed by atoms with Crippen LogP contribution in [0.25, 0.3) is 0 Å².